The van der Waals surface area contributed by atoms with Gasteiger partial charge in [-0.3, -0.25) is 9.69 Å². The molecule has 10 heteroatoms. The molecular formula is C18H27Cl3N6O. The monoisotopic (exact) mass is 448 g/mol. The van der Waals surface area contributed by atoms with Gasteiger partial charge in [0.15, 0.2) is 0 Å². The molecule has 1 aliphatic heterocycles. The minimum absolute atomic E-state index is 0. The van der Waals surface area contributed by atoms with Crippen molar-refractivity contribution < 1.29 is 4.79 Å². The third-order valence-corrected chi connectivity index (χ3v) is 5.03. The number of benzene rings is 1. The van der Waals surface area contributed by atoms with Gasteiger partial charge < -0.3 is 14.8 Å². The third-order valence-electron chi connectivity index (χ3n) is 4.80. The van der Waals surface area contributed by atoms with Crippen LogP contribution < -0.4 is 5.32 Å². The number of halogens is 3. The van der Waals surface area contributed by atoms with Crippen molar-refractivity contribution in [3.63, 3.8) is 0 Å². The molecule has 1 unspecified atom stereocenters. The van der Waals surface area contributed by atoms with Crippen LogP contribution in [0.25, 0.3) is 0 Å². The quantitative estimate of drug-likeness (QED) is 0.758. The molecule has 1 atom stereocenters. The van der Waals surface area contributed by atoms with Crippen LogP contribution in [0.5, 0.6) is 0 Å². The predicted molar refractivity (Wildman–Crippen MR) is 115 cm³/mol. The zero-order valence-electron chi connectivity index (χ0n) is 16.3. The summed E-state index contributed by atoms with van der Waals surface area (Å²) < 4.78 is 1.95. The van der Waals surface area contributed by atoms with E-state index in [9.17, 15) is 4.79 Å². The number of piperazine rings is 1. The molecule has 1 aromatic carbocycles. The molecule has 2 aromatic rings. The van der Waals surface area contributed by atoms with Gasteiger partial charge in [0.25, 0.3) is 0 Å². The second-order valence-electron chi connectivity index (χ2n) is 6.76. The average molecular weight is 450 g/mol. The molecule has 1 N–H and O–H groups in total. The number of rotatable bonds is 5. The SMILES string of the molecule is Cc1nnc(CN(C)CC(=O)N2CCNCC2c2cccc(Cl)c2)n1C.Cl.Cl. The lowest BCUT2D eigenvalue weighted by Crippen LogP contribution is -2.51. The molecule has 0 spiro atoms. The lowest BCUT2D eigenvalue weighted by Gasteiger charge is -2.37. The predicted octanol–water partition coefficient (Wildman–Crippen LogP) is 2.23. The van der Waals surface area contributed by atoms with E-state index in [0.717, 1.165) is 30.3 Å². The maximum absolute atomic E-state index is 12.9. The van der Waals surface area contributed by atoms with Gasteiger partial charge in [-0.1, -0.05) is 23.7 Å². The van der Waals surface area contributed by atoms with Crippen molar-refractivity contribution in [1.29, 1.82) is 0 Å². The number of nitrogens with one attached hydrogen (secondary N) is 1. The van der Waals surface area contributed by atoms with Crippen LogP contribution in [0.4, 0.5) is 0 Å². The highest BCUT2D eigenvalue weighted by Crippen LogP contribution is 2.25. The van der Waals surface area contributed by atoms with Gasteiger partial charge in [-0.15, -0.1) is 35.0 Å². The zero-order chi connectivity index (χ0) is 18.7. The standard InChI is InChI=1S/C18H25ClN6O.2ClH/c1-13-21-22-17(24(13)3)11-23(2)12-18(26)25-8-7-20-10-16(25)14-5-4-6-15(19)9-14;;/h4-6,9,16,20H,7-8,10-12H2,1-3H3;2*1H. The topological polar surface area (TPSA) is 66.3 Å². The Morgan fingerprint density at radius 1 is 1.36 bits per heavy atom. The van der Waals surface area contributed by atoms with Crippen molar-refractivity contribution in [2.45, 2.75) is 19.5 Å². The molecule has 1 saturated heterocycles. The van der Waals surface area contributed by atoms with Gasteiger partial charge >= 0.3 is 0 Å². The molecule has 0 radical (unpaired) electrons. The van der Waals surface area contributed by atoms with Gasteiger partial charge in [0.05, 0.1) is 19.1 Å². The highest BCUT2D eigenvalue weighted by Gasteiger charge is 2.28. The Kier molecular flexibility index (Phi) is 9.66. The Hall–Kier alpha value is -1.38. The first-order valence-corrected chi connectivity index (χ1v) is 9.12. The summed E-state index contributed by atoms with van der Waals surface area (Å²) in [6.45, 7) is 5.05. The average Bonchev–Trinajstić information content (AvgIpc) is 2.93. The second kappa shape index (κ2) is 11.0. The van der Waals surface area contributed by atoms with E-state index in [2.05, 4.69) is 15.5 Å². The van der Waals surface area contributed by atoms with Crippen molar-refractivity contribution in [1.82, 2.24) is 29.9 Å². The summed E-state index contributed by atoms with van der Waals surface area (Å²) in [5, 5.41) is 12.3. The molecule has 3 rings (SSSR count). The van der Waals surface area contributed by atoms with Gasteiger partial charge in [0.2, 0.25) is 5.91 Å². The number of hydrogen-bond donors (Lipinski definition) is 1. The maximum atomic E-state index is 12.9. The van der Waals surface area contributed by atoms with Gasteiger partial charge in [0, 0.05) is 31.7 Å². The Morgan fingerprint density at radius 2 is 2.11 bits per heavy atom. The Morgan fingerprint density at radius 3 is 2.75 bits per heavy atom. The molecular weight excluding hydrogens is 423 g/mol. The van der Waals surface area contributed by atoms with Crippen molar-refractivity contribution in [3.05, 3.63) is 46.5 Å². The summed E-state index contributed by atoms with van der Waals surface area (Å²) in [4.78, 5) is 16.9. The van der Waals surface area contributed by atoms with Gasteiger partial charge in [-0.25, -0.2) is 0 Å². The lowest BCUT2D eigenvalue weighted by molar-refractivity contribution is -0.135. The third kappa shape index (κ3) is 5.81. The molecule has 0 bridgehead atoms. The summed E-state index contributed by atoms with van der Waals surface area (Å²) in [5.41, 5.74) is 1.06. The first-order valence-electron chi connectivity index (χ1n) is 8.74. The zero-order valence-corrected chi connectivity index (χ0v) is 18.6. The number of hydrogen-bond acceptors (Lipinski definition) is 5. The van der Waals surface area contributed by atoms with Crippen LogP contribution in [0.15, 0.2) is 24.3 Å². The lowest BCUT2D eigenvalue weighted by atomic mass is 10.0. The maximum Gasteiger partial charge on any atom is 0.237 e. The van der Waals surface area contributed by atoms with Crippen molar-refractivity contribution in [2.75, 3.05) is 33.2 Å². The Labute approximate surface area is 183 Å². The minimum Gasteiger partial charge on any atom is -0.332 e. The van der Waals surface area contributed by atoms with E-state index in [1.165, 1.54) is 0 Å². The van der Waals surface area contributed by atoms with Crippen LogP contribution in [0.2, 0.25) is 5.02 Å². The van der Waals surface area contributed by atoms with Crippen molar-refractivity contribution >= 4 is 42.3 Å². The van der Waals surface area contributed by atoms with Crippen molar-refractivity contribution in [3.8, 4) is 0 Å². The van der Waals surface area contributed by atoms with E-state index in [-0.39, 0.29) is 36.8 Å². The minimum atomic E-state index is 0. The first-order chi connectivity index (χ1) is 12.5. The van der Waals surface area contributed by atoms with Gasteiger partial charge in [-0.2, -0.15) is 0 Å². The van der Waals surface area contributed by atoms with Crippen LogP contribution in [0.1, 0.15) is 23.3 Å². The number of carbonyl (C=O) groups excluding carboxylic acids is 1. The molecule has 2 heterocycles. The summed E-state index contributed by atoms with van der Waals surface area (Å²) in [6, 6.07) is 7.74. The number of carbonyl (C=O) groups is 1. The van der Waals surface area contributed by atoms with Crippen LogP contribution in [-0.4, -0.2) is 63.7 Å². The molecule has 28 heavy (non-hydrogen) atoms. The summed E-state index contributed by atoms with van der Waals surface area (Å²) in [6.07, 6.45) is 0. The number of nitrogens with zero attached hydrogens (tertiary/aromatic N) is 5. The fourth-order valence-electron chi connectivity index (χ4n) is 3.22. The molecule has 1 aromatic heterocycles. The molecule has 1 amide bonds. The summed E-state index contributed by atoms with van der Waals surface area (Å²) in [5.74, 6) is 1.82. The fraction of sp³-hybridized carbons (Fsp3) is 0.500. The molecule has 1 fully saturated rings. The van der Waals surface area contributed by atoms with E-state index in [1.807, 2.05) is 59.7 Å². The first kappa shape index (κ1) is 24.7. The van der Waals surface area contributed by atoms with E-state index in [0.29, 0.717) is 24.7 Å². The van der Waals surface area contributed by atoms with Crippen LogP contribution >= 0.6 is 36.4 Å². The molecule has 0 saturated carbocycles. The largest absolute Gasteiger partial charge is 0.332 e. The number of amides is 1. The number of aromatic nitrogens is 3. The molecule has 7 nitrogen and oxygen atoms in total. The Balaban J connectivity index is 0.00000196. The molecule has 1 aliphatic rings. The van der Waals surface area contributed by atoms with E-state index < -0.39 is 0 Å². The second-order valence-corrected chi connectivity index (χ2v) is 7.19. The van der Waals surface area contributed by atoms with E-state index in [4.69, 9.17) is 11.6 Å². The van der Waals surface area contributed by atoms with Gasteiger partial charge in [0.1, 0.15) is 11.6 Å². The highest BCUT2D eigenvalue weighted by atomic mass is 35.5. The number of aryl methyl sites for hydroxylation is 1. The fourth-order valence-corrected chi connectivity index (χ4v) is 3.42. The van der Waals surface area contributed by atoms with E-state index in [1.54, 1.807) is 0 Å². The highest BCUT2D eigenvalue weighted by molar-refractivity contribution is 6.30. The molecule has 156 valence electrons. The summed E-state index contributed by atoms with van der Waals surface area (Å²) >= 11 is 6.14. The summed E-state index contributed by atoms with van der Waals surface area (Å²) in [7, 11) is 3.87. The number of likely N-dealkylation sites (N-methyl/N-ethyl adjacent to an activating group) is 1. The Bertz CT molecular complexity index is 784. The van der Waals surface area contributed by atoms with E-state index >= 15 is 0 Å². The smallest absolute Gasteiger partial charge is 0.237 e. The van der Waals surface area contributed by atoms with Crippen LogP contribution in [0, 0.1) is 6.92 Å². The van der Waals surface area contributed by atoms with Crippen LogP contribution in [0.3, 0.4) is 0 Å². The normalized spacial score (nSPS) is 16.5. The van der Waals surface area contributed by atoms with Gasteiger partial charge in [-0.05, 0) is 31.7 Å². The van der Waals surface area contributed by atoms with Crippen LogP contribution in [-0.2, 0) is 18.4 Å². The van der Waals surface area contributed by atoms with Crippen molar-refractivity contribution in [2.24, 2.45) is 7.05 Å². The molecule has 0 aliphatic carbocycles.